The van der Waals surface area contributed by atoms with Gasteiger partial charge in [-0.25, -0.2) is 24.1 Å². The summed E-state index contributed by atoms with van der Waals surface area (Å²) < 4.78 is 21.4. The van der Waals surface area contributed by atoms with E-state index >= 15 is 0 Å². The molecule has 0 N–H and O–H groups in total. The molecule has 1 aliphatic rings. The number of benzene rings is 3. The molecule has 1 aliphatic heterocycles. The van der Waals surface area contributed by atoms with E-state index in [2.05, 4.69) is 17.1 Å². The lowest BCUT2D eigenvalue weighted by molar-refractivity contribution is 0.402. The summed E-state index contributed by atoms with van der Waals surface area (Å²) >= 11 is 1.45. The minimum atomic E-state index is -0.245. The normalized spacial score (nSPS) is 14.1. The predicted octanol–water partition coefficient (Wildman–Crippen LogP) is 6.35. The third kappa shape index (κ3) is 4.00. The molecule has 3 aromatic carbocycles. The number of para-hydroxylation sites is 3. The summed E-state index contributed by atoms with van der Waals surface area (Å²) in [5.41, 5.74) is 6.83. The van der Waals surface area contributed by atoms with Crippen LogP contribution in [0, 0.1) is 6.92 Å². The van der Waals surface area contributed by atoms with Crippen molar-refractivity contribution in [1.29, 1.82) is 0 Å². The van der Waals surface area contributed by atoms with Crippen LogP contribution in [0.5, 0.6) is 17.5 Å². The SMILES string of the molecule is COc1ccc([C@@H]2c3c(C)nn(-c4ccccc4)c3Oc3ncn4nc(CSc5nc6ccccc6o5)nc4c32)cc1. The van der Waals surface area contributed by atoms with Crippen molar-refractivity contribution in [3.63, 3.8) is 0 Å². The van der Waals surface area contributed by atoms with Crippen molar-refractivity contribution < 1.29 is 13.9 Å². The highest BCUT2D eigenvalue weighted by molar-refractivity contribution is 7.98. The maximum atomic E-state index is 6.51. The van der Waals surface area contributed by atoms with Gasteiger partial charge in [-0.05, 0) is 48.9 Å². The monoisotopic (exact) mass is 573 g/mol. The van der Waals surface area contributed by atoms with Gasteiger partial charge in [0.05, 0.1) is 41.3 Å². The Morgan fingerprint density at radius 3 is 2.52 bits per heavy atom. The molecular formula is C31H23N7O3S. The zero-order valence-electron chi connectivity index (χ0n) is 22.6. The minimum absolute atomic E-state index is 0.245. The van der Waals surface area contributed by atoms with Gasteiger partial charge in [0.25, 0.3) is 5.22 Å². The number of methoxy groups -OCH3 is 1. The van der Waals surface area contributed by atoms with Crippen molar-refractivity contribution in [2.24, 2.45) is 0 Å². The van der Waals surface area contributed by atoms with Crippen LogP contribution in [0.25, 0.3) is 22.4 Å². The number of hydrogen-bond acceptors (Lipinski definition) is 9. The third-order valence-corrected chi connectivity index (χ3v) is 8.14. The summed E-state index contributed by atoms with van der Waals surface area (Å²) in [4.78, 5) is 14.2. The summed E-state index contributed by atoms with van der Waals surface area (Å²) in [7, 11) is 1.66. The van der Waals surface area contributed by atoms with Crippen LogP contribution in [-0.2, 0) is 5.75 Å². The Hall–Kier alpha value is -5.16. The number of nitrogens with zero attached hydrogens (tertiary/aromatic N) is 7. The maximum absolute atomic E-state index is 6.51. The van der Waals surface area contributed by atoms with Crippen molar-refractivity contribution in [3.8, 4) is 23.2 Å². The molecule has 0 unspecified atom stereocenters. The van der Waals surface area contributed by atoms with Crippen LogP contribution in [0.4, 0.5) is 0 Å². The van der Waals surface area contributed by atoms with Crippen molar-refractivity contribution in [3.05, 3.63) is 113 Å². The molecule has 8 rings (SSSR count). The van der Waals surface area contributed by atoms with Crippen LogP contribution < -0.4 is 9.47 Å². The van der Waals surface area contributed by atoms with E-state index in [1.165, 1.54) is 11.8 Å². The molecule has 206 valence electrons. The van der Waals surface area contributed by atoms with Crippen molar-refractivity contribution in [2.45, 2.75) is 23.8 Å². The fraction of sp³-hybridized carbons (Fsp3) is 0.129. The number of thioether (sulfide) groups is 1. The van der Waals surface area contributed by atoms with E-state index in [4.69, 9.17) is 34.1 Å². The molecule has 42 heavy (non-hydrogen) atoms. The molecule has 4 aromatic heterocycles. The van der Waals surface area contributed by atoms with Crippen LogP contribution in [0.1, 0.15) is 34.1 Å². The zero-order valence-corrected chi connectivity index (χ0v) is 23.4. The van der Waals surface area contributed by atoms with Gasteiger partial charge in [0, 0.05) is 0 Å². The molecule has 11 heteroatoms. The molecule has 7 aromatic rings. The van der Waals surface area contributed by atoms with Gasteiger partial charge >= 0.3 is 0 Å². The molecule has 1 atom stereocenters. The summed E-state index contributed by atoms with van der Waals surface area (Å²) in [5.74, 6) is 2.75. The minimum Gasteiger partial charge on any atom is -0.497 e. The molecule has 0 aliphatic carbocycles. The fourth-order valence-electron chi connectivity index (χ4n) is 5.40. The summed E-state index contributed by atoms with van der Waals surface area (Å²) in [5, 5.41) is 10.2. The maximum Gasteiger partial charge on any atom is 0.257 e. The molecule has 0 spiro atoms. The van der Waals surface area contributed by atoms with E-state index in [1.54, 1.807) is 18.0 Å². The van der Waals surface area contributed by atoms with Gasteiger partial charge in [-0.1, -0.05) is 54.2 Å². The zero-order chi connectivity index (χ0) is 28.2. The van der Waals surface area contributed by atoms with Crippen LogP contribution in [0.15, 0.2) is 94.8 Å². The van der Waals surface area contributed by atoms with Crippen molar-refractivity contribution in [1.82, 2.24) is 34.3 Å². The molecule has 0 saturated carbocycles. The Morgan fingerprint density at radius 2 is 1.71 bits per heavy atom. The Morgan fingerprint density at radius 1 is 0.905 bits per heavy atom. The first-order chi connectivity index (χ1) is 20.7. The fourth-order valence-corrected chi connectivity index (χ4v) is 6.08. The van der Waals surface area contributed by atoms with E-state index in [1.807, 2.05) is 78.3 Å². The summed E-state index contributed by atoms with van der Waals surface area (Å²) in [6.45, 7) is 2.00. The molecule has 10 nitrogen and oxygen atoms in total. The molecular weight excluding hydrogens is 550 g/mol. The lowest BCUT2D eigenvalue weighted by Gasteiger charge is -2.26. The molecule has 0 saturated heterocycles. The molecule has 5 heterocycles. The van der Waals surface area contributed by atoms with Crippen LogP contribution in [0.2, 0.25) is 0 Å². The lowest BCUT2D eigenvalue weighted by Crippen LogP contribution is -2.16. The number of aryl methyl sites for hydroxylation is 1. The van der Waals surface area contributed by atoms with E-state index < -0.39 is 0 Å². The average Bonchev–Trinajstić information content (AvgIpc) is 3.74. The van der Waals surface area contributed by atoms with E-state index in [0.717, 1.165) is 44.9 Å². The van der Waals surface area contributed by atoms with E-state index in [-0.39, 0.29) is 5.92 Å². The van der Waals surface area contributed by atoms with Crippen LogP contribution >= 0.6 is 11.8 Å². The van der Waals surface area contributed by atoms with Crippen molar-refractivity contribution in [2.75, 3.05) is 7.11 Å². The van der Waals surface area contributed by atoms with E-state index in [0.29, 0.717) is 34.2 Å². The first-order valence-electron chi connectivity index (χ1n) is 13.4. The van der Waals surface area contributed by atoms with Gasteiger partial charge in [-0.3, -0.25) is 0 Å². The number of rotatable bonds is 6. The number of hydrogen-bond donors (Lipinski definition) is 0. The number of fused-ring (bicyclic) bond motifs is 5. The number of aromatic nitrogens is 7. The Bertz CT molecular complexity index is 2050. The van der Waals surface area contributed by atoms with Gasteiger partial charge in [0.15, 0.2) is 17.1 Å². The topological polar surface area (TPSA) is 105 Å². The third-order valence-electron chi connectivity index (χ3n) is 7.31. The molecule has 0 radical (unpaired) electrons. The van der Waals surface area contributed by atoms with E-state index in [9.17, 15) is 0 Å². The van der Waals surface area contributed by atoms with Crippen molar-refractivity contribution >= 4 is 28.5 Å². The highest BCUT2D eigenvalue weighted by atomic mass is 32.2. The smallest absolute Gasteiger partial charge is 0.257 e. The Labute approximate surface area is 244 Å². The number of oxazole rings is 1. The van der Waals surface area contributed by atoms with Gasteiger partial charge < -0.3 is 13.9 Å². The molecule has 0 fully saturated rings. The second-order valence-electron chi connectivity index (χ2n) is 9.86. The van der Waals surface area contributed by atoms with Gasteiger partial charge in [-0.15, -0.1) is 5.10 Å². The summed E-state index contributed by atoms with van der Waals surface area (Å²) in [6, 6.07) is 25.7. The summed E-state index contributed by atoms with van der Waals surface area (Å²) in [6.07, 6.45) is 1.64. The second-order valence-corrected chi connectivity index (χ2v) is 10.8. The average molecular weight is 574 g/mol. The predicted molar refractivity (Wildman–Crippen MR) is 157 cm³/mol. The van der Waals surface area contributed by atoms with Gasteiger partial charge in [0.1, 0.15) is 17.6 Å². The van der Waals surface area contributed by atoms with Gasteiger partial charge in [-0.2, -0.15) is 5.10 Å². The van der Waals surface area contributed by atoms with Crippen LogP contribution in [-0.4, -0.2) is 41.5 Å². The van der Waals surface area contributed by atoms with Crippen LogP contribution in [0.3, 0.4) is 0 Å². The number of ether oxygens (including phenoxy) is 2. The second kappa shape index (κ2) is 9.74. The quantitative estimate of drug-likeness (QED) is 0.211. The highest BCUT2D eigenvalue weighted by Crippen LogP contribution is 2.49. The first-order valence-corrected chi connectivity index (χ1v) is 14.3. The highest BCUT2D eigenvalue weighted by Gasteiger charge is 2.38. The largest absolute Gasteiger partial charge is 0.497 e. The molecule has 0 bridgehead atoms. The first kappa shape index (κ1) is 24.6. The Kier molecular flexibility index (Phi) is 5.71. The van der Waals surface area contributed by atoms with Gasteiger partial charge in [0.2, 0.25) is 11.8 Å². The standard InChI is InChI=1S/C31H23N7O3S/c1-18-25-26(19-12-14-21(39-2)15-13-19)27-28-34-24(16-42-31-33-22-10-6-7-11-23(22)40-31)36-37(28)17-32-29(27)41-30(25)38(35-18)20-8-4-3-5-9-20/h3-15,17,26H,16H2,1-2H3/t26-/m1/s1. The lowest BCUT2D eigenvalue weighted by atomic mass is 9.84. The molecule has 0 amide bonds. The Balaban J connectivity index is 1.24.